The van der Waals surface area contributed by atoms with Gasteiger partial charge in [-0.3, -0.25) is 0 Å². The molecule has 0 fully saturated rings. The Morgan fingerprint density at radius 2 is 2.05 bits per heavy atom. The van der Waals surface area contributed by atoms with Gasteiger partial charge in [-0.1, -0.05) is 36.2 Å². The molecule has 1 aromatic carbocycles. The quantitative estimate of drug-likeness (QED) is 0.727. The molecule has 1 N–H and O–H groups in total. The molecule has 4 heteroatoms. The highest BCUT2D eigenvalue weighted by molar-refractivity contribution is 6.42. The molecule has 21 heavy (non-hydrogen) atoms. The summed E-state index contributed by atoms with van der Waals surface area (Å²) in [6.07, 6.45) is 5.77. The largest absolute Gasteiger partial charge is 0.469 e. The van der Waals surface area contributed by atoms with Gasteiger partial charge in [-0.2, -0.15) is 0 Å². The summed E-state index contributed by atoms with van der Waals surface area (Å²) in [5.41, 5.74) is 1.21. The van der Waals surface area contributed by atoms with Crippen LogP contribution >= 0.6 is 23.2 Å². The molecule has 0 aliphatic heterocycles. The molecular formula is C17H21Cl2NO. The van der Waals surface area contributed by atoms with E-state index in [9.17, 15) is 0 Å². The van der Waals surface area contributed by atoms with Crippen LogP contribution in [0.15, 0.2) is 41.0 Å². The van der Waals surface area contributed by atoms with Crippen LogP contribution in [0.2, 0.25) is 10.0 Å². The molecule has 0 aliphatic rings. The first-order chi connectivity index (χ1) is 10.2. The van der Waals surface area contributed by atoms with Crippen LogP contribution in [0.5, 0.6) is 0 Å². The zero-order chi connectivity index (χ0) is 15.1. The van der Waals surface area contributed by atoms with Crippen LogP contribution in [0, 0.1) is 0 Å². The Labute approximate surface area is 136 Å². The van der Waals surface area contributed by atoms with Gasteiger partial charge in [-0.15, -0.1) is 0 Å². The predicted octanol–water partition coefficient (Wildman–Crippen LogP) is 5.13. The Bertz CT molecular complexity index is 540. The van der Waals surface area contributed by atoms with Crippen LogP contribution in [-0.4, -0.2) is 12.6 Å². The lowest BCUT2D eigenvalue weighted by molar-refractivity contribution is 0.441. The van der Waals surface area contributed by atoms with E-state index in [2.05, 4.69) is 12.2 Å². The van der Waals surface area contributed by atoms with E-state index < -0.39 is 0 Å². The SMILES string of the molecule is CCCNC(CCc1ccco1)Cc1ccc(Cl)c(Cl)c1. The highest BCUT2D eigenvalue weighted by Gasteiger charge is 2.11. The molecule has 0 aliphatic carbocycles. The number of hydrogen-bond donors (Lipinski definition) is 1. The fourth-order valence-electron chi connectivity index (χ4n) is 2.35. The summed E-state index contributed by atoms with van der Waals surface area (Å²) in [7, 11) is 0. The zero-order valence-corrected chi connectivity index (χ0v) is 13.8. The lowest BCUT2D eigenvalue weighted by atomic mass is 10.0. The van der Waals surface area contributed by atoms with Gasteiger partial charge < -0.3 is 9.73 Å². The average molecular weight is 326 g/mol. The summed E-state index contributed by atoms with van der Waals surface area (Å²) in [5, 5.41) is 4.82. The third kappa shape index (κ3) is 5.39. The van der Waals surface area contributed by atoms with E-state index in [0.717, 1.165) is 38.0 Å². The number of furan rings is 1. The maximum Gasteiger partial charge on any atom is 0.103 e. The molecule has 0 bridgehead atoms. The molecule has 0 amide bonds. The standard InChI is InChI=1S/C17H21Cl2NO/c1-2-9-20-14(6-7-15-4-3-10-21-15)11-13-5-8-16(18)17(19)12-13/h3-5,8,10,12,14,20H,2,6-7,9,11H2,1H3. The molecule has 1 atom stereocenters. The molecule has 1 heterocycles. The van der Waals surface area contributed by atoms with Gasteiger partial charge in [0.15, 0.2) is 0 Å². The third-order valence-corrected chi connectivity index (χ3v) is 4.21. The molecule has 0 saturated carbocycles. The fourth-order valence-corrected chi connectivity index (χ4v) is 2.67. The Morgan fingerprint density at radius 1 is 1.19 bits per heavy atom. The summed E-state index contributed by atoms with van der Waals surface area (Å²) in [6, 6.07) is 10.2. The van der Waals surface area contributed by atoms with Gasteiger partial charge in [0.25, 0.3) is 0 Å². The number of nitrogens with one attached hydrogen (secondary N) is 1. The van der Waals surface area contributed by atoms with Crippen molar-refractivity contribution in [2.45, 2.75) is 38.6 Å². The molecule has 0 radical (unpaired) electrons. The van der Waals surface area contributed by atoms with Crippen LogP contribution in [0.25, 0.3) is 0 Å². The van der Waals surface area contributed by atoms with Gasteiger partial charge in [0.2, 0.25) is 0 Å². The monoisotopic (exact) mass is 325 g/mol. The van der Waals surface area contributed by atoms with E-state index >= 15 is 0 Å². The average Bonchev–Trinajstić information content (AvgIpc) is 2.99. The van der Waals surface area contributed by atoms with Crippen molar-refractivity contribution in [3.63, 3.8) is 0 Å². The minimum Gasteiger partial charge on any atom is -0.469 e. The number of halogens is 2. The zero-order valence-electron chi connectivity index (χ0n) is 12.2. The topological polar surface area (TPSA) is 25.2 Å². The lowest BCUT2D eigenvalue weighted by Crippen LogP contribution is -2.32. The second-order valence-electron chi connectivity index (χ2n) is 5.22. The maximum atomic E-state index is 6.09. The van der Waals surface area contributed by atoms with Gasteiger partial charge >= 0.3 is 0 Å². The van der Waals surface area contributed by atoms with Crippen LogP contribution in [0.1, 0.15) is 31.1 Å². The molecular weight excluding hydrogens is 305 g/mol. The van der Waals surface area contributed by atoms with Gasteiger partial charge in [-0.25, -0.2) is 0 Å². The fraction of sp³-hybridized carbons (Fsp3) is 0.412. The summed E-state index contributed by atoms with van der Waals surface area (Å²) in [5.74, 6) is 1.03. The first-order valence-corrected chi connectivity index (χ1v) is 8.14. The Hall–Kier alpha value is -0.960. The Morgan fingerprint density at radius 3 is 2.71 bits per heavy atom. The third-order valence-electron chi connectivity index (χ3n) is 3.47. The van der Waals surface area contributed by atoms with Gasteiger partial charge in [-0.05, 0) is 55.6 Å². The van der Waals surface area contributed by atoms with Crippen molar-refractivity contribution >= 4 is 23.2 Å². The molecule has 1 aromatic heterocycles. The van der Waals surface area contributed by atoms with Crippen molar-refractivity contribution in [2.75, 3.05) is 6.54 Å². The first-order valence-electron chi connectivity index (χ1n) is 7.38. The van der Waals surface area contributed by atoms with E-state index in [1.54, 1.807) is 6.26 Å². The highest BCUT2D eigenvalue weighted by atomic mass is 35.5. The van der Waals surface area contributed by atoms with E-state index in [1.807, 2.05) is 30.3 Å². The smallest absolute Gasteiger partial charge is 0.103 e. The van der Waals surface area contributed by atoms with E-state index in [-0.39, 0.29) is 0 Å². The van der Waals surface area contributed by atoms with E-state index in [0.29, 0.717) is 16.1 Å². The normalized spacial score (nSPS) is 12.5. The minimum absolute atomic E-state index is 0.410. The van der Waals surface area contributed by atoms with Crippen LogP contribution in [0.4, 0.5) is 0 Å². The second-order valence-corrected chi connectivity index (χ2v) is 6.04. The van der Waals surface area contributed by atoms with Crippen molar-refractivity contribution in [3.8, 4) is 0 Å². The van der Waals surface area contributed by atoms with Gasteiger partial charge in [0.1, 0.15) is 5.76 Å². The number of rotatable bonds is 8. The van der Waals surface area contributed by atoms with E-state index in [4.69, 9.17) is 27.6 Å². The first kappa shape index (κ1) is 16.4. The molecule has 0 saturated heterocycles. The number of aryl methyl sites for hydroxylation is 1. The second kappa shape index (κ2) is 8.47. The Balaban J connectivity index is 1.95. The van der Waals surface area contributed by atoms with Crippen LogP contribution < -0.4 is 5.32 Å². The number of benzene rings is 1. The van der Waals surface area contributed by atoms with Crippen molar-refractivity contribution in [3.05, 3.63) is 58.0 Å². The van der Waals surface area contributed by atoms with Crippen molar-refractivity contribution in [1.82, 2.24) is 5.32 Å². The van der Waals surface area contributed by atoms with Crippen molar-refractivity contribution < 1.29 is 4.42 Å². The van der Waals surface area contributed by atoms with E-state index in [1.165, 1.54) is 5.56 Å². The number of hydrogen-bond acceptors (Lipinski definition) is 2. The summed E-state index contributed by atoms with van der Waals surface area (Å²) in [4.78, 5) is 0. The summed E-state index contributed by atoms with van der Waals surface area (Å²) < 4.78 is 5.41. The lowest BCUT2D eigenvalue weighted by Gasteiger charge is -2.18. The molecule has 0 spiro atoms. The van der Waals surface area contributed by atoms with Crippen molar-refractivity contribution in [2.24, 2.45) is 0 Å². The summed E-state index contributed by atoms with van der Waals surface area (Å²) >= 11 is 12.1. The molecule has 2 rings (SSSR count). The molecule has 2 aromatic rings. The Kier molecular flexibility index (Phi) is 6.62. The van der Waals surface area contributed by atoms with Gasteiger partial charge in [0.05, 0.1) is 16.3 Å². The molecule has 1 unspecified atom stereocenters. The molecule has 2 nitrogen and oxygen atoms in total. The summed E-state index contributed by atoms with van der Waals surface area (Å²) in [6.45, 7) is 3.19. The predicted molar refractivity (Wildman–Crippen MR) is 89.3 cm³/mol. The van der Waals surface area contributed by atoms with Crippen LogP contribution in [-0.2, 0) is 12.8 Å². The minimum atomic E-state index is 0.410. The molecule has 114 valence electrons. The van der Waals surface area contributed by atoms with Crippen molar-refractivity contribution in [1.29, 1.82) is 0 Å². The van der Waals surface area contributed by atoms with Gasteiger partial charge in [0, 0.05) is 12.5 Å². The highest BCUT2D eigenvalue weighted by Crippen LogP contribution is 2.23. The van der Waals surface area contributed by atoms with Crippen LogP contribution in [0.3, 0.4) is 0 Å². The maximum absolute atomic E-state index is 6.09.